The molecular weight excluding hydrogens is 280 g/mol. The normalized spacial score (nSPS) is 10.7. The van der Waals surface area contributed by atoms with Crippen LogP contribution in [0.15, 0.2) is 54.0 Å². The molecule has 6 heteroatoms. The minimum Gasteiger partial charge on any atom is -0.487 e. The fourth-order valence-corrected chi connectivity index (χ4v) is 2.17. The summed E-state index contributed by atoms with van der Waals surface area (Å²) in [4.78, 5) is 7.95. The number of hydrogen-bond acceptors (Lipinski definition) is 5. The Morgan fingerprint density at radius 2 is 2.05 bits per heavy atom. The highest BCUT2D eigenvalue weighted by Crippen LogP contribution is 2.15. The van der Waals surface area contributed by atoms with E-state index >= 15 is 0 Å². The molecule has 0 spiro atoms. The van der Waals surface area contributed by atoms with Gasteiger partial charge in [-0.15, -0.1) is 0 Å². The van der Waals surface area contributed by atoms with Crippen LogP contribution in [-0.4, -0.2) is 19.7 Å². The zero-order chi connectivity index (χ0) is 15.0. The number of aromatic nitrogens is 4. The van der Waals surface area contributed by atoms with E-state index in [0.29, 0.717) is 6.61 Å². The molecule has 0 saturated heterocycles. The maximum Gasteiger partial charge on any atom is 0.180 e. The molecule has 0 unspecified atom stereocenters. The highest BCUT2D eigenvalue weighted by atomic mass is 16.5. The van der Waals surface area contributed by atoms with Crippen LogP contribution in [0, 0.1) is 0 Å². The van der Waals surface area contributed by atoms with E-state index in [9.17, 15) is 0 Å². The molecule has 2 heterocycles. The molecular formula is C16H18N4O2. The average Bonchev–Trinajstić information content (AvgIpc) is 3.24. The minimum absolute atomic E-state index is 0.424. The number of aryl methyl sites for hydroxylation is 2. The van der Waals surface area contributed by atoms with Gasteiger partial charge in [-0.1, -0.05) is 12.1 Å². The lowest BCUT2D eigenvalue weighted by atomic mass is 10.1. The third-order valence-electron chi connectivity index (χ3n) is 3.36. The largest absolute Gasteiger partial charge is 0.487 e. The number of oxazole rings is 1. The highest BCUT2D eigenvalue weighted by Gasteiger charge is 2.00. The molecule has 3 rings (SSSR count). The molecule has 0 aliphatic carbocycles. The molecule has 0 amide bonds. The quantitative estimate of drug-likeness (QED) is 0.598. The van der Waals surface area contributed by atoms with E-state index in [1.165, 1.54) is 12.0 Å². The lowest BCUT2D eigenvalue weighted by molar-refractivity contribution is 0.301. The SMILES string of the molecule is c1ncn(CCCCc2ccc(OCc3cocn3)cc2)n1. The zero-order valence-corrected chi connectivity index (χ0v) is 12.3. The Morgan fingerprint density at radius 1 is 1.14 bits per heavy atom. The van der Waals surface area contributed by atoms with Gasteiger partial charge in [0.25, 0.3) is 0 Å². The van der Waals surface area contributed by atoms with Crippen molar-refractivity contribution in [2.24, 2.45) is 0 Å². The van der Waals surface area contributed by atoms with Crippen LogP contribution in [0.25, 0.3) is 0 Å². The minimum atomic E-state index is 0.424. The first-order valence-electron chi connectivity index (χ1n) is 7.31. The number of nitrogens with zero attached hydrogens (tertiary/aromatic N) is 4. The van der Waals surface area contributed by atoms with Gasteiger partial charge in [0.05, 0.1) is 0 Å². The lowest BCUT2D eigenvalue weighted by Crippen LogP contribution is -1.99. The predicted octanol–water partition coefficient (Wildman–Crippen LogP) is 2.87. The Bertz CT molecular complexity index is 648. The van der Waals surface area contributed by atoms with Gasteiger partial charge in [0, 0.05) is 6.54 Å². The van der Waals surface area contributed by atoms with Crippen molar-refractivity contribution in [3.05, 3.63) is 60.8 Å². The lowest BCUT2D eigenvalue weighted by Gasteiger charge is -2.06. The fraction of sp³-hybridized carbons (Fsp3) is 0.312. The average molecular weight is 298 g/mol. The molecule has 0 bridgehead atoms. The highest BCUT2D eigenvalue weighted by molar-refractivity contribution is 5.27. The Labute approximate surface area is 128 Å². The first-order chi connectivity index (χ1) is 10.9. The third kappa shape index (κ3) is 4.18. The molecule has 22 heavy (non-hydrogen) atoms. The number of benzene rings is 1. The molecule has 0 saturated carbocycles. The molecule has 0 N–H and O–H groups in total. The van der Waals surface area contributed by atoms with E-state index < -0.39 is 0 Å². The molecule has 2 aromatic heterocycles. The first-order valence-corrected chi connectivity index (χ1v) is 7.31. The van der Waals surface area contributed by atoms with Gasteiger partial charge >= 0.3 is 0 Å². The number of ether oxygens (including phenoxy) is 1. The van der Waals surface area contributed by atoms with Gasteiger partial charge in [-0.3, -0.25) is 4.68 Å². The van der Waals surface area contributed by atoms with Crippen LogP contribution in [0.1, 0.15) is 24.1 Å². The van der Waals surface area contributed by atoms with Crippen molar-refractivity contribution in [1.29, 1.82) is 0 Å². The number of hydrogen-bond donors (Lipinski definition) is 0. The van der Waals surface area contributed by atoms with Crippen molar-refractivity contribution < 1.29 is 9.15 Å². The van der Waals surface area contributed by atoms with E-state index in [1.54, 1.807) is 18.9 Å². The maximum absolute atomic E-state index is 5.64. The van der Waals surface area contributed by atoms with Crippen LogP contribution in [-0.2, 0) is 19.6 Å². The Balaban J connectivity index is 1.39. The second kappa shape index (κ2) is 7.40. The summed E-state index contributed by atoms with van der Waals surface area (Å²) in [5, 5.41) is 4.09. The smallest absolute Gasteiger partial charge is 0.180 e. The molecule has 114 valence electrons. The molecule has 6 nitrogen and oxygen atoms in total. The summed E-state index contributed by atoms with van der Waals surface area (Å²) < 4.78 is 12.4. The second-order valence-electron chi connectivity index (χ2n) is 5.03. The standard InChI is InChI=1S/C16H18N4O2/c1(2-8-20-12-17-11-19-20)3-14-4-6-16(7-5-14)22-10-15-9-21-13-18-15/h4-7,9,11-13H,1-3,8,10H2. The summed E-state index contributed by atoms with van der Waals surface area (Å²) in [6.45, 7) is 1.34. The van der Waals surface area contributed by atoms with Crippen LogP contribution in [0.4, 0.5) is 0 Å². The van der Waals surface area contributed by atoms with Gasteiger partial charge in [0.2, 0.25) is 0 Å². The Morgan fingerprint density at radius 3 is 2.77 bits per heavy atom. The summed E-state index contributed by atoms with van der Waals surface area (Å²) in [5.41, 5.74) is 2.10. The van der Waals surface area contributed by atoms with Crippen LogP contribution < -0.4 is 4.74 Å². The van der Waals surface area contributed by atoms with E-state index in [2.05, 4.69) is 27.2 Å². The van der Waals surface area contributed by atoms with Gasteiger partial charge in [0.15, 0.2) is 6.39 Å². The van der Waals surface area contributed by atoms with Crippen molar-refractivity contribution >= 4 is 0 Å². The van der Waals surface area contributed by atoms with Gasteiger partial charge in [0.1, 0.15) is 37.0 Å². The predicted molar refractivity (Wildman–Crippen MR) is 80.2 cm³/mol. The molecule has 3 aromatic rings. The second-order valence-corrected chi connectivity index (χ2v) is 5.03. The van der Waals surface area contributed by atoms with Crippen LogP contribution in [0.3, 0.4) is 0 Å². The summed E-state index contributed by atoms with van der Waals surface area (Å²) in [5.74, 6) is 0.842. The summed E-state index contributed by atoms with van der Waals surface area (Å²) >= 11 is 0. The van der Waals surface area contributed by atoms with Gasteiger partial charge < -0.3 is 9.15 Å². The van der Waals surface area contributed by atoms with Crippen molar-refractivity contribution in [2.75, 3.05) is 0 Å². The van der Waals surface area contributed by atoms with Gasteiger partial charge in [-0.2, -0.15) is 5.10 Å². The van der Waals surface area contributed by atoms with E-state index in [1.807, 2.05) is 16.8 Å². The molecule has 0 fully saturated rings. The van der Waals surface area contributed by atoms with Crippen LogP contribution >= 0.6 is 0 Å². The first kappa shape index (κ1) is 14.3. The fourth-order valence-electron chi connectivity index (χ4n) is 2.17. The summed E-state index contributed by atoms with van der Waals surface area (Å²) in [7, 11) is 0. The van der Waals surface area contributed by atoms with Crippen molar-refractivity contribution in [2.45, 2.75) is 32.4 Å². The van der Waals surface area contributed by atoms with Gasteiger partial charge in [-0.25, -0.2) is 9.97 Å². The maximum atomic E-state index is 5.64. The Kier molecular flexibility index (Phi) is 4.81. The molecule has 0 aliphatic rings. The molecule has 0 aliphatic heterocycles. The molecule has 0 radical (unpaired) electrons. The third-order valence-corrected chi connectivity index (χ3v) is 3.36. The zero-order valence-electron chi connectivity index (χ0n) is 12.3. The van der Waals surface area contributed by atoms with Crippen LogP contribution in [0.5, 0.6) is 5.75 Å². The van der Waals surface area contributed by atoms with Crippen molar-refractivity contribution in [1.82, 2.24) is 19.7 Å². The number of rotatable bonds is 8. The molecule has 1 aromatic carbocycles. The van der Waals surface area contributed by atoms with Crippen molar-refractivity contribution in [3.8, 4) is 5.75 Å². The van der Waals surface area contributed by atoms with Crippen molar-refractivity contribution in [3.63, 3.8) is 0 Å². The van der Waals surface area contributed by atoms with E-state index in [0.717, 1.165) is 37.3 Å². The monoisotopic (exact) mass is 298 g/mol. The number of unbranched alkanes of at least 4 members (excludes halogenated alkanes) is 1. The topological polar surface area (TPSA) is 66.0 Å². The van der Waals surface area contributed by atoms with E-state index in [-0.39, 0.29) is 0 Å². The van der Waals surface area contributed by atoms with Gasteiger partial charge in [-0.05, 0) is 37.0 Å². The molecule has 0 atom stereocenters. The summed E-state index contributed by atoms with van der Waals surface area (Å²) in [6, 6.07) is 8.20. The summed E-state index contributed by atoms with van der Waals surface area (Å²) in [6.07, 6.45) is 9.58. The van der Waals surface area contributed by atoms with E-state index in [4.69, 9.17) is 9.15 Å². The van der Waals surface area contributed by atoms with Crippen LogP contribution in [0.2, 0.25) is 0 Å². The Hall–Kier alpha value is -2.63.